The molecule has 2 unspecified atom stereocenters. The molecule has 0 aromatic heterocycles. The summed E-state index contributed by atoms with van der Waals surface area (Å²) < 4.78 is 0. The number of rotatable bonds is 3. The minimum atomic E-state index is -0.754. The van der Waals surface area contributed by atoms with Crippen molar-refractivity contribution in [3.8, 4) is 0 Å². The molecule has 0 saturated heterocycles. The Morgan fingerprint density at radius 3 is 2.19 bits per heavy atom. The fourth-order valence-corrected chi connectivity index (χ4v) is 2.83. The van der Waals surface area contributed by atoms with E-state index >= 15 is 0 Å². The zero-order valence-corrected chi connectivity index (χ0v) is 9.45. The lowest BCUT2D eigenvalue weighted by Gasteiger charge is -2.15. The van der Waals surface area contributed by atoms with Crippen LogP contribution in [-0.2, 0) is 9.59 Å². The molecule has 4 nitrogen and oxygen atoms in total. The summed E-state index contributed by atoms with van der Waals surface area (Å²) in [4.78, 5) is 22.6. The van der Waals surface area contributed by atoms with E-state index in [1.54, 1.807) is 0 Å². The van der Waals surface area contributed by atoms with Crippen LogP contribution in [-0.4, -0.2) is 23.0 Å². The molecule has 0 bridgehead atoms. The molecule has 0 radical (unpaired) electrons. The molecule has 0 aromatic rings. The van der Waals surface area contributed by atoms with E-state index in [2.05, 4.69) is 5.32 Å². The average Bonchev–Trinajstić information content (AvgIpc) is 2.86. The van der Waals surface area contributed by atoms with Gasteiger partial charge in [0.25, 0.3) is 0 Å². The van der Waals surface area contributed by atoms with Crippen LogP contribution in [0, 0.1) is 11.8 Å². The minimum Gasteiger partial charge on any atom is -0.481 e. The minimum absolute atomic E-state index is 0.0679. The molecule has 2 saturated carbocycles. The maximum atomic E-state index is 11.9. The van der Waals surface area contributed by atoms with Crippen LogP contribution in [0.5, 0.6) is 0 Å². The number of hydrogen-bond donors (Lipinski definition) is 2. The fraction of sp³-hybridized carbons (Fsp3) is 0.833. The molecule has 0 spiro atoms. The number of nitrogens with one attached hydrogen (secondary N) is 1. The number of amides is 1. The van der Waals surface area contributed by atoms with Gasteiger partial charge in [-0.15, -0.1) is 0 Å². The van der Waals surface area contributed by atoms with Gasteiger partial charge in [-0.3, -0.25) is 9.59 Å². The Morgan fingerprint density at radius 1 is 1.00 bits per heavy atom. The third-order valence-corrected chi connectivity index (χ3v) is 3.85. The van der Waals surface area contributed by atoms with Crippen LogP contribution in [0.4, 0.5) is 0 Å². The van der Waals surface area contributed by atoms with Crippen molar-refractivity contribution in [2.45, 2.75) is 51.0 Å². The smallest absolute Gasteiger partial charge is 0.306 e. The molecule has 2 aliphatic carbocycles. The normalized spacial score (nSPS) is 30.5. The SMILES string of the molecule is O=C(O)C1CCC(C(=O)NC2CCCC2)C1. The van der Waals surface area contributed by atoms with Gasteiger partial charge < -0.3 is 10.4 Å². The highest BCUT2D eigenvalue weighted by Crippen LogP contribution is 2.31. The summed E-state index contributed by atoms with van der Waals surface area (Å²) >= 11 is 0. The zero-order valence-electron chi connectivity index (χ0n) is 9.45. The molecule has 0 heterocycles. The maximum absolute atomic E-state index is 11.9. The number of carbonyl (C=O) groups is 2. The van der Waals surface area contributed by atoms with Gasteiger partial charge in [-0.1, -0.05) is 12.8 Å². The first kappa shape index (κ1) is 11.4. The van der Waals surface area contributed by atoms with E-state index < -0.39 is 5.97 Å². The second kappa shape index (κ2) is 4.85. The van der Waals surface area contributed by atoms with Crippen molar-refractivity contribution >= 4 is 11.9 Å². The molecule has 2 fully saturated rings. The highest BCUT2D eigenvalue weighted by atomic mass is 16.4. The van der Waals surface area contributed by atoms with Gasteiger partial charge in [0.05, 0.1) is 5.92 Å². The summed E-state index contributed by atoms with van der Waals surface area (Å²) in [7, 11) is 0. The molecule has 4 heteroatoms. The average molecular weight is 225 g/mol. The maximum Gasteiger partial charge on any atom is 0.306 e. The summed E-state index contributed by atoms with van der Waals surface area (Å²) in [6, 6.07) is 0.344. The third-order valence-electron chi connectivity index (χ3n) is 3.85. The molecular formula is C12H19NO3. The largest absolute Gasteiger partial charge is 0.481 e. The number of aliphatic carboxylic acids is 1. The van der Waals surface area contributed by atoms with E-state index in [0.29, 0.717) is 18.9 Å². The summed E-state index contributed by atoms with van der Waals surface area (Å²) in [6.45, 7) is 0. The molecule has 2 aliphatic rings. The monoisotopic (exact) mass is 225 g/mol. The van der Waals surface area contributed by atoms with E-state index in [0.717, 1.165) is 19.3 Å². The lowest BCUT2D eigenvalue weighted by molar-refractivity contribution is -0.141. The molecular weight excluding hydrogens is 206 g/mol. The van der Waals surface area contributed by atoms with Crippen LogP contribution in [0.2, 0.25) is 0 Å². The van der Waals surface area contributed by atoms with Crippen LogP contribution in [0.3, 0.4) is 0 Å². The highest BCUT2D eigenvalue weighted by molar-refractivity contribution is 5.81. The summed E-state index contributed by atoms with van der Waals surface area (Å²) in [6.07, 6.45) is 6.48. The van der Waals surface area contributed by atoms with E-state index in [9.17, 15) is 9.59 Å². The highest BCUT2D eigenvalue weighted by Gasteiger charge is 2.34. The fourth-order valence-electron chi connectivity index (χ4n) is 2.83. The van der Waals surface area contributed by atoms with Crippen LogP contribution in [0.25, 0.3) is 0 Å². The Kier molecular flexibility index (Phi) is 3.46. The van der Waals surface area contributed by atoms with Gasteiger partial charge in [0.1, 0.15) is 0 Å². The van der Waals surface area contributed by atoms with Crippen LogP contribution in [0.1, 0.15) is 44.9 Å². The molecule has 90 valence electrons. The van der Waals surface area contributed by atoms with E-state index in [4.69, 9.17) is 5.11 Å². The zero-order chi connectivity index (χ0) is 11.5. The first-order valence-electron chi connectivity index (χ1n) is 6.20. The van der Waals surface area contributed by atoms with Gasteiger partial charge in [0.2, 0.25) is 5.91 Å². The Balaban J connectivity index is 1.79. The van der Waals surface area contributed by atoms with Crippen molar-refractivity contribution in [2.24, 2.45) is 11.8 Å². The van der Waals surface area contributed by atoms with E-state index in [-0.39, 0.29) is 17.7 Å². The second-order valence-corrected chi connectivity index (χ2v) is 5.04. The topological polar surface area (TPSA) is 66.4 Å². The van der Waals surface area contributed by atoms with Crippen molar-refractivity contribution in [3.63, 3.8) is 0 Å². The van der Waals surface area contributed by atoms with Crippen LogP contribution >= 0.6 is 0 Å². The Morgan fingerprint density at radius 2 is 1.62 bits per heavy atom. The first-order chi connectivity index (χ1) is 7.66. The van der Waals surface area contributed by atoms with E-state index in [1.807, 2.05) is 0 Å². The van der Waals surface area contributed by atoms with Crippen molar-refractivity contribution in [1.29, 1.82) is 0 Å². The summed E-state index contributed by atoms with van der Waals surface area (Å²) in [5.41, 5.74) is 0. The van der Waals surface area contributed by atoms with Gasteiger partial charge in [-0.05, 0) is 32.1 Å². The number of carboxylic acid groups (broad SMARTS) is 1. The first-order valence-corrected chi connectivity index (χ1v) is 6.20. The van der Waals surface area contributed by atoms with Gasteiger partial charge in [0, 0.05) is 12.0 Å². The lowest BCUT2D eigenvalue weighted by Crippen LogP contribution is -2.36. The van der Waals surface area contributed by atoms with Crippen molar-refractivity contribution in [1.82, 2.24) is 5.32 Å². The van der Waals surface area contributed by atoms with Gasteiger partial charge in [0.15, 0.2) is 0 Å². The molecule has 16 heavy (non-hydrogen) atoms. The standard InChI is InChI=1S/C12H19NO3/c14-11(13-10-3-1-2-4-10)8-5-6-9(7-8)12(15)16/h8-10H,1-7H2,(H,13,14)(H,15,16). The molecule has 2 N–H and O–H groups in total. The Labute approximate surface area is 95.4 Å². The summed E-state index contributed by atoms with van der Waals surface area (Å²) in [5.74, 6) is -1.05. The quantitative estimate of drug-likeness (QED) is 0.765. The van der Waals surface area contributed by atoms with Gasteiger partial charge in [-0.2, -0.15) is 0 Å². The van der Waals surface area contributed by atoms with Gasteiger partial charge >= 0.3 is 5.97 Å². The Bertz CT molecular complexity index is 284. The second-order valence-electron chi connectivity index (χ2n) is 5.04. The van der Waals surface area contributed by atoms with Crippen LogP contribution < -0.4 is 5.32 Å². The third kappa shape index (κ3) is 2.54. The molecule has 1 amide bonds. The molecule has 0 aromatic carbocycles. The molecule has 2 rings (SSSR count). The lowest BCUT2D eigenvalue weighted by atomic mass is 10.0. The summed E-state index contributed by atoms with van der Waals surface area (Å²) in [5, 5.41) is 11.9. The van der Waals surface area contributed by atoms with E-state index in [1.165, 1.54) is 12.8 Å². The van der Waals surface area contributed by atoms with Crippen molar-refractivity contribution in [2.75, 3.05) is 0 Å². The van der Waals surface area contributed by atoms with Crippen LogP contribution in [0.15, 0.2) is 0 Å². The van der Waals surface area contributed by atoms with Gasteiger partial charge in [-0.25, -0.2) is 0 Å². The van der Waals surface area contributed by atoms with Crippen molar-refractivity contribution < 1.29 is 14.7 Å². The molecule has 0 aliphatic heterocycles. The number of carbonyl (C=O) groups excluding carboxylic acids is 1. The number of hydrogen-bond acceptors (Lipinski definition) is 2. The predicted molar refractivity (Wildman–Crippen MR) is 58.9 cm³/mol. The molecule has 2 atom stereocenters. The predicted octanol–water partition coefficient (Wildman–Crippen LogP) is 1.55. The number of carboxylic acids is 1. The van der Waals surface area contributed by atoms with Crippen molar-refractivity contribution in [3.05, 3.63) is 0 Å². The Hall–Kier alpha value is -1.06.